The number of hydrogen-bond donors (Lipinski definition) is 2. The predicted molar refractivity (Wildman–Crippen MR) is 87.6 cm³/mol. The smallest absolute Gasteiger partial charge is 0.322 e. The lowest BCUT2D eigenvalue weighted by molar-refractivity contribution is -0.138. The number of carboxylic acid groups (broad SMARTS) is 1. The molecule has 5 heteroatoms. The van der Waals surface area contributed by atoms with Crippen molar-refractivity contribution in [3.8, 4) is 0 Å². The average molecular weight is 312 g/mol. The Bertz CT molecular complexity index is 588. The molecule has 0 aliphatic heterocycles. The topological polar surface area (TPSA) is 69.6 Å². The van der Waals surface area contributed by atoms with Gasteiger partial charge in [-0.1, -0.05) is 60.7 Å². The number of hydrogen-bond acceptors (Lipinski definition) is 3. The van der Waals surface area contributed by atoms with Crippen LogP contribution in [0, 0.1) is 0 Å². The van der Waals surface area contributed by atoms with Gasteiger partial charge in [0.25, 0.3) is 0 Å². The van der Waals surface area contributed by atoms with Crippen molar-refractivity contribution in [3.05, 3.63) is 71.8 Å². The number of aliphatic carboxylic acids is 1. The highest BCUT2D eigenvalue weighted by Crippen LogP contribution is 2.09. The van der Waals surface area contributed by atoms with Crippen LogP contribution < -0.4 is 5.32 Å². The van der Waals surface area contributed by atoms with Crippen molar-refractivity contribution in [2.45, 2.75) is 13.1 Å². The lowest BCUT2D eigenvalue weighted by atomic mass is 10.1. The third-order valence-corrected chi connectivity index (χ3v) is 3.30. The molecule has 0 aliphatic carbocycles. The Morgan fingerprint density at radius 1 is 0.870 bits per heavy atom. The van der Waals surface area contributed by atoms with Gasteiger partial charge in [-0.25, -0.2) is 0 Å². The summed E-state index contributed by atoms with van der Waals surface area (Å²) in [6.07, 6.45) is 0. The van der Waals surface area contributed by atoms with Gasteiger partial charge >= 0.3 is 5.97 Å². The fourth-order valence-corrected chi connectivity index (χ4v) is 2.28. The molecule has 5 nitrogen and oxygen atoms in total. The molecule has 0 spiro atoms. The summed E-state index contributed by atoms with van der Waals surface area (Å²) < 4.78 is 0. The molecule has 0 saturated heterocycles. The molecule has 23 heavy (non-hydrogen) atoms. The van der Waals surface area contributed by atoms with Crippen LogP contribution >= 0.6 is 0 Å². The maximum Gasteiger partial charge on any atom is 0.322 e. The monoisotopic (exact) mass is 312 g/mol. The number of carbonyl (C=O) groups is 2. The van der Waals surface area contributed by atoms with E-state index in [0.29, 0.717) is 13.1 Å². The van der Waals surface area contributed by atoms with Crippen molar-refractivity contribution < 1.29 is 14.7 Å². The van der Waals surface area contributed by atoms with Crippen LogP contribution in [-0.2, 0) is 22.7 Å². The van der Waals surface area contributed by atoms with Gasteiger partial charge in [-0.3, -0.25) is 14.5 Å². The fraction of sp³-hybridized carbons (Fsp3) is 0.222. The van der Waals surface area contributed by atoms with E-state index in [2.05, 4.69) is 5.32 Å². The summed E-state index contributed by atoms with van der Waals surface area (Å²) in [5.74, 6) is -1.34. The molecule has 0 heterocycles. The van der Waals surface area contributed by atoms with Gasteiger partial charge in [0.15, 0.2) is 0 Å². The standard InChI is InChI=1S/C18H20N2O3/c21-17(19-11-18(22)23)14-20(12-15-7-3-1-4-8-15)13-16-9-5-2-6-10-16/h1-10H,11-14H2,(H,19,21)(H,22,23). The quantitative estimate of drug-likeness (QED) is 0.781. The van der Waals surface area contributed by atoms with Crippen molar-refractivity contribution in [2.75, 3.05) is 13.1 Å². The van der Waals surface area contributed by atoms with Crippen LogP contribution in [0.2, 0.25) is 0 Å². The summed E-state index contributed by atoms with van der Waals surface area (Å²) in [6.45, 7) is 1.03. The SMILES string of the molecule is O=C(O)CNC(=O)CN(Cc1ccccc1)Cc1ccccc1. The first-order chi connectivity index (χ1) is 11.1. The molecule has 0 saturated carbocycles. The van der Waals surface area contributed by atoms with E-state index in [4.69, 9.17) is 5.11 Å². The summed E-state index contributed by atoms with van der Waals surface area (Å²) in [4.78, 5) is 24.5. The first-order valence-corrected chi connectivity index (χ1v) is 7.42. The minimum absolute atomic E-state index is 0.150. The van der Waals surface area contributed by atoms with E-state index in [1.54, 1.807) is 0 Å². The second-order valence-electron chi connectivity index (χ2n) is 5.29. The first-order valence-electron chi connectivity index (χ1n) is 7.42. The summed E-state index contributed by atoms with van der Waals surface area (Å²) in [5, 5.41) is 11.0. The summed E-state index contributed by atoms with van der Waals surface area (Å²) in [6, 6.07) is 19.8. The lowest BCUT2D eigenvalue weighted by Gasteiger charge is -2.22. The average Bonchev–Trinajstić information content (AvgIpc) is 2.55. The molecule has 0 atom stereocenters. The number of carboxylic acids is 1. The molecule has 0 bridgehead atoms. The van der Waals surface area contributed by atoms with Crippen molar-refractivity contribution in [3.63, 3.8) is 0 Å². The Kier molecular flexibility index (Phi) is 6.32. The van der Waals surface area contributed by atoms with Crippen LogP contribution in [0.5, 0.6) is 0 Å². The minimum Gasteiger partial charge on any atom is -0.480 e. The zero-order chi connectivity index (χ0) is 16.5. The summed E-state index contributed by atoms with van der Waals surface area (Å²) in [5.41, 5.74) is 2.21. The Morgan fingerprint density at radius 2 is 1.35 bits per heavy atom. The van der Waals surface area contributed by atoms with Crippen LogP contribution in [0.1, 0.15) is 11.1 Å². The van der Waals surface area contributed by atoms with Gasteiger partial charge in [-0.05, 0) is 11.1 Å². The maximum atomic E-state index is 11.9. The Labute approximate surface area is 135 Å². The largest absolute Gasteiger partial charge is 0.480 e. The van der Waals surface area contributed by atoms with Gasteiger partial charge in [-0.2, -0.15) is 0 Å². The first kappa shape index (κ1) is 16.7. The van der Waals surface area contributed by atoms with Crippen molar-refractivity contribution in [1.82, 2.24) is 10.2 Å². The second kappa shape index (κ2) is 8.70. The van der Waals surface area contributed by atoms with Crippen LogP contribution in [0.4, 0.5) is 0 Å². The highest BCUT2D eigenvalue weighted by molar-refractivity contribution is 5.82. The molecule has 2 aromatic carbocycles. The normalized spacial score (nSPS) is 10.5. The molecule has 0 aliphatic rings. The van der Waals surface area contributed by atoms with Crippen LogP contribution in [0.3, 0.4) is 0 Å². The van der Waals surface area contributed by atoms with E-state index in [9.17, 15) is 9.59 Å². The van der Waals surface area contributed by atoms with Crippen LogP contribution in [-0.4, -0.2) is 35.0 Å². The van der Waals surface area contributed by atoms with Gasteiger partial charge in [0.1, 0.15) is 6.54 Å². The highest BCUT2D eigenvalue weighted by Gasteiger charge is 2.12. The van der Waals surface area contributed by atoms with Crippen molar-refractivity contribution >= 4 is 11.9 Å². The van der Waals surface area contributed by atoms with Gasteiger partial charge in [0.2, 0.25) is 5.91 Å². The molecule has 0 radical (unpaired) electrons. The third-order valence-electron chi connectivity index (χ3n) is 3.30. The number of amides is 1. The number of carbonyl (C=O) groups excluding carboxylic acids is 1. The molecule has 0 fully saturated rings. The van der Waals surface area contributed by atoms with Crippen molar-refractivity contribution in [1.29, 1.82) is 0 Å². The Morgan fingerprint density at radius 3 is 1.78 bits per heavy atom. The molecule has 0 aromatic heterocycles. The molecular formula is C18H20N2O3. The molecule has 2 rings (SSSR count). The Hall–Kier alpha value is -2.66. The molecular weight excluding hydrogens is 292 g/mol. The number of nitrogens with one attached hydrogen (secondary N) is 1. The van der Waals surface area contributed by atoms with E-state index in [1.165, 1.54) is 0 Å². The van der Waals surface area contributed by atoms with E-state index in [1.807, 2.05) is 65.6 Å². The predicted octanol–water partition coefficient (Wildman–Crippen LogP) is 1.89. The molecule has 120 valence electrons. The molecule has 2 aromatic rings. The molecule has 1 amide bonds. The van der Waals surface area contributed by atoms with Crippen LogP contribution in [0.15, 0.2) is 60.7 Å². The van der Waals surface area contributed by atoms with Gasteiger partial charge in [0.05, 0.1) is 6.54 Å². The van der Waals surface area contributed by atoms with E-state index in [-0.39, 0.29) is 19.0 Å². The highest BCUT2D eigenvalue weighted by atomic mass is 16.4. The Balaban J connectivity index is 2.01. The fourth-order valence-electron chi connectivity index (χ4n) is 2.28. The van der Waals surface area contributed by atoms with E-state index >= 15 is 0 Å². The maximum absolute atomic E-state index is 11.9. The van der Waals surface area contributed by atoms with E-state index in [0.717, 1.165) is 11.1 Å². The van der Waals surface area contributed by atoms with Crippen molar-refractivity contribution in [2.24, 2.45) is 0 Å². The number of rotatable bonds is 8. The zero-order valence-corrected chi connectivity index (χ0v) is 12.8. The summed E-state index contributed by atoms with van der Waals surface area (Å²) in [7, 11) is 0. The zero-order valence-electron chi connectivity index (χ0n) is 12.8. The van der Waals surface area contributed by atoms with Gasteiger partial charge < -0.3 is 10.4 Å². The molecule has 0 unspecified atom stereocenters. The van der Waals surface area contributed by atoms with Gasteiger partial charge in [-0.15, -0.1) is 0 Å². The third kappa shape index (κ3) is 6.32. The second-order valence-corrected chi connectivity index (χ2v) is 5.29. The van der Waals surface area contributed by atoms with Crippen LogP contribution in [0.25, 0.3) is 0 Å². The minimum atomic E-state index is -1.05. The number of benzene rings is 2. The molecule has 2 N–H and O–H groups in total. The van der Waals surface area contributed by atoms with Gasteiger partial charge in [0, 0.05) is 13.1 Å². The van der Waals surface area contributed by atoms with E-state index < -0.39 is 5.97 Å². The number of nitrogens with zero attached hydrogens (tertiary/aromatic N) is 1. The lowest BCUT2D eigenvalue weighted by Crippen LogP contribution is -2.38. The summed E-state index contributed by atoms with van der Waals surface area (Å²) >= 11 is 0.